The number of alkyl carbamates (subject to hydrolysis) is 1. The van der Waals surface area contributed by atoms with Gasteiger partial charge in [-0.25, -0.2) is 4.79 Å². The summed E-state index contributed by atoms with van der Waals surface area (Å²) in [5, 5.41) is 12.0. The maximum Gasteiger partial charge on any atom is 0.407 e. The van der Waals surface area contributed by atoms with Crippen molar-refractivity contribution in [1.29, 1.82) is 0 Å². The number of carbonyl (C=O) groups is 3. The fraction of sp³-hybridized carbons (Fsp3) is 0.444. The summed E-state index contributed by atoms with van der Waals surface area (Å²) in [6, 6.07) is 16.3. The van der Waals surface area contributed by atoms with E-state index in [-0.39, 0.29) is 51.2 Å². The van der Waals surface area contributed by atoms with Crippen LogP contribution in [0.5, 0.6) is 0 Å². The molecule has 1 heterocycles. The number of rotatable bonds is 9. The Labute approximate surface area is 205 Å². The molecule has 4 rings (SSSR count). The number of carboxylic acids is 1. The molecule has 8 nitrogen and oxygen atoms in total. The van der Waals surface area contributed by atoms with Gasteiger partial charge in [-0.15, -0.1) is 0 Å². The maximum atomic E-state index is 12.4. The summed E-state index contributed by atoms with van der Waals surface area (Å²) in [5.41, 5.74) is 4.22. The second-order valence-electron chi connectivity index (χ2n) is 9.77. The van der Waals surface area contributed by atoms with E-state index in [1.165, 1.54) is 11.1 Å². The molecule has 2 aliphatic rings. The van der Waals surface area contributed by atoms with Crippen LogP contribution in [0.2, 0.25) is 0 Å². The van der Waals surface area contributed by atoms with Crippen molar-refractivity contribution in [2.75, 3.05) is 39.5 Å². The van der Waals surface area contributed by atoms with Crippen molar-refractivity contribution >= 4 is 18.0 Å². The highest BCUT2D eigenvalue weighted by atomic mass is 16.5. The van der Waals surface area contributed by atoms with Gasteiger partial charge in [0.1, 0.15) is 6.61 Å². The highest BCUT2D eigenvalue weighted by Crippen LogP contribution is 2.44. The number of aliphatic carboxylic acids is 1. The normalized spacial score (nSPS) is 18.1. The smallest absolute Gasteiger partial charge is 0.407 e. The van der Waals surface area contributed by atoms with Crippen LogP contribution < -0.4 is 5.32 Å². The van der Waals surface area contributed by atoms with Crippen molar-refractivity contribution < 1.29 is 29.0 Å². The molecule has 0 radical (unpaired) electrons. The van der Waals surface area contributed by atoms with Gasteiger partial charge in [0.15, 0.2) is 0 Å². The summed E-state index contributed by atoms with van der Waals surface area (Å²) >= 11 is 0. The molecule has 1 aliphatic heterocycles. The first kappa shape index (κ1) is 24.7. The van der Waals surface area contributed by atoms with Crippen LogP contribution in [0.1, 0.15) is 37.3 Å². The largest absolute Gasteiger partial charge is 0.481 e. The van der Waals surface area contributed by atoms with E-state index < -0.39 is 23.4 Å². The summed E-state index contributed by atoms with van der Waals surface area (Å²) in [6.45, 7) is 5.35. The molecule has 2 aromatic rings. The highest BCUT2D eigenvalue weighted by molar-refractivity contribution is 5.80. The zero-order valence-corrected chi connectivity index (χ0v) is 20.2. The minimum absolute atomic E-state index is 0.00621. The number of benzene rings is 2. The molecule has 2 amide bonds. The standard InChI is InChI=1S/C27H32N2O6/c1-27(2)17-29(15-23(27)25(31)32)24(30)11-13-34-14-12-28-26(33)35-16-22-20-9-5-3-7-18(20)19-8-4-6-10-21(19)22/h3-10,22-23H,11-17H2,1-2H3,(H,28,33)(H,31,32). The maximum absolute atomic E-state index is 12.4. The Morgan fingerprint density at radius 2 is 1.66 bits per heavy atom. The number of hydrogen-bond donors (Lipinski definition) is 2. The summed E-state index contributed by atoms with van der Waals surface area (Å²) in [7, 11) is 0. The molecule has 1 unspecified atom stereocenters. The highest BCUT2D eigenvalue weighted by Gasteiger charge is 2.45. The van der Waals surface area contributed by atoms with Crippen molar-refractivity contribution in [3.63, 3.8) is 0 Å². The lowest BCUT2D eigenvalue weighted by Gasteiger charge is -2.21. The number of carbonyl (C=O) groups excluding carboxylic acids is 2. The second-order valence-corrected chi connectivity index (χ2v) is 9.77. The Bertz CT molecular complexity index is 1050. The SMILES string of the molecule is CC1(C)CN(C(=O)CCOCCNC(=O)OCC2c3ccccc3-c3ccccc32)CC1C(=O)O. The topological polar surface area (TPSA) is 105 Å². The van der Waals surface area contributed by atoms with Crippen molar-refractivity contribution in [2.24, 2.45) is 11.3 Å². The quantitative estimate of drug-likeness (QED) is 0.533. The van der Waals surface area contributed by atoms with Crippen LogP contribution in [0.4, 0.5) is 4.79 Å². The molecule has 186 valence electrons. The van der Waals surface area contributed by atoms with Gasteiger partial charge < -0.3 is 24.8 Å². The molecule has 1 aliphatic carbocycles. The van der Waals surface area contributed by atoms with Gasteiger partial charge in [0, 0.05) is 25.6 Å². The van der Waals surface area contributed by atoms with E-state index >= 15 is 0 Å². The Morgan fingerprint density at radius 3 is 2.26 bits per heavy atom. The van der Waals surface area contributed by atoms with Crippen LogP contribution >= 0.6 is 0 Å². The van der Waals surface area contributed by atoms with E-state index in [2.05, 4.69) is 29.6 Å². The first-order valence-corrected chi connectivity index (χ1v) is 11.9. The molecule has 0 spiro atoms. The van der Waals surface area contributed by atoms with Crippen LogP contribution in [-0.4, -0.2) is 67.4 Å². The fourth-order valence-electron chi connectivity index (χ4n) is 5.03. The lowest BCUT2D eigenvalue weighted by Crippen LogP contribution is -2.32. The predicted octanol–water partition coefficient (Wildman–Crippen LogP) is 3.50. The fourth-order valence-corrected chi connectivity index (χ4v) is 5.03. The number of nitrogens with zero attached hydrogens (tertiary/aromatic N) is 1. The third kappa shape index (κ3) is 5.48. The van der Waals surface area contributed by atoms with Crippen LogP contribution in [0.3, 0.4) is 0 Å². The average Bonchev–Trinajstić information content (AvgIpc) is 3.34. The van der Waals surface area contributed by atoms with Gasteiger partial charge in [-0.2, -0.15) is 0 Å². The minimum Gasteiger partial charge on any atom is -0.481 e. The van der Waals surface area contributed by atoms with Crippen molar-refractivity contribution in [2.45, 2.75) is 26.2 Å². The number of fused-ring (bicyclic) bond motifs is 3. The molecule has 8 heteroatoms. The van der Waals surface area contributed by atoms with Crippen LogP contribution in [-0.2, 0) is 19.1 Å². The van der Waals surface area contributed by atoms with Crippen LogP contribution in [0.15, 0.2) is 48.5 Å². The molecule has 1 atom stereocenters. The monoisotopic (exact) mass is 480 g/mol. The predicted molar refractivity (Wildman–Crippen MR) is 130 cm³/mol. The van der Waals surface area contributed by atoms with Gasteiger partial charge in [-0.1, -0.05) is 62.4 Å². The second kappa shape index (κ2) is 10.5. The number of ether oxygens (including phenoxy) is 2. The third-order valence-corrected chi connectivity index (χ3v) is 6.92. The van der Waals surface area contributed by atoms with E-state index in [0.717, 1.165) is 11.1 Å². The molecule has 1 fully saturated rings. The summed E-state index contributed by atoms with van der Waals surface area (Å²) < 4.78 is 11.0. The molecule has 1 saturated heterocycles. The van der Waals surface area contributed by atoms with Crippen LogP contribution in [0.25, 0.3) is 11.1 Å². The number of likely N-dealkylation sites (tertiary alicyclic amines) is 1. The Hall–Kier alpha value is -3.39. The zero-order chi connectivity index (χ0) is 25.0. The Balaban J connectivity index is 1.14. The van der Waals surface area contributed by atoms with Gasteiger partial charge in [-0.3, -0.25) is 9.59 Å². The van der Waals surface area contributed by atoms with E-state index in [9.17, 15) is 19.5 Å². The van der Waals surface area contributed by atoms with E-state index in [1.54, 1.807) is 4.90 Å². The first-order valence-electron chi connectivity index (χ1n) is 11.9. The van der Waals surface area contributed by atoms with E-state index in [0.29, 0.717) is 6.54 Å². The van der Waals surface area contributed by atoms with Gasteiger partial charge in [0.2, 0.25) is 5.91 Å². The number of nitrogens with one attached hydrogen (secondary N) is 1. The molecular weight excluding hydrogens is 448 g/mol. The minimum atomic E-state index is -0.874. The van der Waals surface area contributed by atoms with Gasteiger partial charge in [0.25, 0.3) is 0 Å². The van der Waals surface area contributed by atoms with Crippen molar-refractivity contribution in [3.05, 3.63) is 59.7 Å². The third-order valence-electron chi connectivity index (χ3n) is 6.92. The molecule has 0 bridgehead atoms. The van der Waals surface area contributed by atoms with Crippen molar-refractivity contribution in [1.82, 2.24) is 10.2 Å². The molecule has 0 saturated carbocycles. The zero-order valence-electron chi connectivity index (χ0n) is 20.2. The van der Waals surface area contributed by atoms with Crippen molar-refractivity contribution in [3.8, 4) is 11.1 Å². The number of carboxylic acid groups (broad SMARTS) is 1. The van der Waals surface area contributed by atoms with Crippen LogP contribution in [0, 0.1) is 11.3 Å². The van der Waals surface area contributed by atoms with Gasteiger partial charge >= 0.3 is 12.1 Å². The van der Waals surface area contributed by atoms with E-state index in [1.807, 2.05) is 38.1 Å². The molecule has 2 aromatic carbocycles. The first-order chi connectivity index (χ1) is 16.8. The lowest BCUT2D eigenvalue weighted by molar-refractivity contribution is -0.144. The van der Waals surface area contributed by atoms with Gasteiger partial charge in [-0.05, 0) is 27.7 Å². The van der Waals surface area contributed by atoms with Gasteiger partial charge in [0.05, 0.1) is 25.6 Å². The number of amides is 2. The summed E-state index contributed by atoms with van der Waals surface area (Å²) in [6.07, 6.45) is -0.335. The Kier molecular flexibility index (Phi) is 7.40. The molecular formula is C27H32N2O6. The van der Waals surface area contributed by atoms with E-state index in [4.69, 9.17) is 9.47 Å². The summed E-state index contributed by atoms with van der Waals surface area (Å²) in [4.78, 5) is 37.6. The summed E-state index contributed by atoms with van der Waals surface area (Å²) in [5.74, 6) is -1.55. The lowest BCUT2D eigenvalue weighted by atomic mass is 9.82. The molecule has 2 N–H and O–H groups in total. The molecule has 35 heavy (non-hydrogen) atoms. The number of hydrogen-bond acceptors (Lipinski definition) is 5. The Morgan fingerprint density at radius 1 is 1.03 bits per heavy atom. The average molecular weight is 481 g/mol. The molecule has 0 aromatic heterocycles.